The first-order valence-electron chi connectivity index (χ1n) is 6.33. The summed E-state index contributed by atoms with van der Waals surface area (Å²) in [5.41, 5.74) is 2.03. The summed E-state index contributed by atoms with van der Waals surface area (Å²) in [6.45, 7) is 3.01. The molecule has 0 aromatic heterocycles. The van der Waals surface area contributed by atoms with Gasteiger partial charge in [0.2, 0.25) is 0 Å². The van der Waals surface area contributed by atoms with Crippen molar-refractivity contribution in [2.24, 2.45) is 5.92 Å². The maximum atomic E-state index is 9.91. The lowest BCUT2D eigenvalue weighted by Gasteiger charge is -2.12. The van der Waals surface area contributed by atoms with Crippen LogP contribution in [0.1, 0.15) is 30.9 Å². The van der Waals surface area contributed by atoms with Crippen LogP contribution in [0.25, 0.3) is 0 Å². The summed E-state index contributed by atoms with van der Waals surface area (Å²) in [5.74, 6) is 1.60. The molecule has 94 valence electrons. The normalized spacial score (nSPS) is 15.4. The van der Waals surface area contributed by atoms with Crippen molar-refractivity contribution < 1.29 is 14.9 Å². The maximum Gasteiger partial charge on any atom is 0.123 e. The molecule has 0 amide bonds. The highest BCUT2D eigenvalue weighted by atomic mass is 16.5. The molecule has 1 aromatic rings. The zero-order chi connectivity index (χ0) is 12.3. The lowest BCUT2D eigenvalue weighted by atomic mass is 9.96. The third-order valence-corrected chi connectivity index (χ3v) is 3.55. The van der Waals surface area contributed by atoms with Gasteiger partial charge < -0.3 is 14.9 Å². The molecule has 2 N–H and O–H groups in total. The summed E-state index contributed by atoms with van der Waals surface area (Å²) < 4.78 is 5.49. The van der Waals surface area contributed by atoms with Crippen molar-refractivity contribution >= 4 is 0 Å². The van der Waals surface area contributed by atoms with Crippen molar-refractivity contribution in [1.82, 2.24) is 0 Å². The molecule has 2 rings (SSSR count). The van der Waals surface area contributed by atoms with E-state index >= 15 is 0 Å². The van der Waals surface area contributed by atoms with Crippen LogP contribution in [0, 0.1) is 5.92 Å². The third kappa shape index (κ3) is 2.72. The van der Waals surface area contributed by atoms with Gasteiger partial charge in [0.1, 0.15) is 11.5 Å². The van der Waals surface area contributed by atoms with Gasteiger partial charge in [-0.3, -0.25) is 0 Å². The molecule has 0 spiro atoms. The molecular weight excluding hydrogens is 216 g/mol. The van der Waals surface area contributed by atoms with Crippen molar-refractivity contribution in [3.63, 3.8) is 0 Å². The standard InChI is InChI=1S/C14H20O3/c1-2-10(9-15)3-4-11-8-14-12(5-6-17-14)7-13(11)16/h7-8,10,15-16H,2-6,9H2,1H3. The average molecular weight is 236 g/mol. The Hall–Kier alpha value is -1.22. The van der Waals surface area contributed by atoms with Crippen molar-refractivity contribution in [1.29, 1.82) is 0 Å². The van der Waals surface area contributed by atoms with Crippen LogP contribution in [0.5, 0.6) is 11.5 Å². The number of benzene rings is 1. The highest BCUT2D eigenvalue weighted by Crippen LogP contribution is 2.33. The number of fused-ring (bicyclic) bond motifs is 1. The van der Waals surface area contributed by atoms with Crippen LogP contribution in [0.2, 0.25) is 0 Å². The van der Waals surface area contributed by atoms with Crippen LogP contribution in [0.4, 0.5) is 0 Å². The number of phenolic OH excluding ortho intramolecular Hbond substituents is 1. The van der Waals surface area contributed by atoms with Gasteiger partial charge in [-0.1, -0.05) is 13.3 Å². The number of hydrogen-bond donors (Lipinski definition) is 2. The molecule has 0 bridgehead atoms. The number of aliphatic hydroxyl groups excluding tert-OH is 1. The summed E-state index contributed by atoms with van der Waals surface area (Å²) in [6, 6.07) is 3.76. The minimum atomic E-state index is 0.221. The minimum Gasteiger partial charge on any atom is -0.508 e. The molecule has 0 saturated heterocycles. The zero-order valence-corrected chi connectivity index (χ0v) is 10.3. The number of aromatic hydroxyl groups is 1. The van der Waals surface area contributed by atoms with Gasteiger partial charge in [-0.2, -0.15) is 0 Å². The Morgan fingerprint density at radius 3 is 2.94 bits per heavy atom. The Kier molecular flexibility index (Phi) is 3.89. The van der Waals surface area contributed by atoms with Gasteiger partial charge in [0.25, 0.3) is 0 Å². The van der Waals surface area contributed by atoms with Gasteiger partial charge in [-0.15, -0.1) is 0 Å². The maximum absolute atomic E-state index is 9.91. The van der Waals surface area contributed by atoms with Crippen LogP contribution in [0.15, 0.2) is 12.1 Å². The number of aliphatic hydroxyl groups is 1. The summed E-state index contributed by atoms with van der Waals surface area (Å²) in [5, 5.41) is 19.1. The van der Waals surface area contributed by atoms with E-state index in [2.05, 4.69) is 6.92 Å². The number of aryl methyl sites for hydroxylation is 1. The van der Waals surface area contributed by atoms with Gasteiger partial charge in [-0.25, -0.2) is 0 Å². The summed E-state index contributed by atoms with van der Waals surface area (Å²) in [4.78, 5) is 0. The van der Waals surface area contributed by atoms with Crippen molar-refractivity contribution in [3.05, 3.63) is 23.3 Å². The highest BCUT2D eigenvalue weighted by Gasteiger charge is 2.16. The second-order valence-electron chi connectivity index (χ2n) is 4.68. The molecule has 1 heterocycles. The Labute approximate surface area is 102 Å². The number of rotatable bonds is 5. The van der Waals surface area contributed by atoms with Gasteiger partial charge in [0.15, 0.2) is 0 Å². The quantitative estimate of drug-likeness (QED) is 0.824. The summed E-state index contributed by atoms with van der Waals surface area (Å²) >= 11 is 0. The van der Waals surface area contributed by atoms with E-state index in [1.807, 2.05) is 12.1 Å². The van der Waals surface area contributed by atoms with Gasteiger partial charge >= 0.3 is 0 Å². The largest absolute Gasteiger partial charge is 0.508 e. The van der Waals surface area contributed by atoms with E-state index in [0.717, 1.165) is 42.6 Å². The predicted molar refractivity (Wildman–Crippen MR) is 66.5 cm³/mol. The first kappa shape index (κ1) is 12.2. The molecule has 0 saturated carbocycles. The van der Waals surface area contributed by atoms with Crippen LogP contribution < -0.4 is 4.74 Å². The molecule has 0 radical (unpaired) electrons. The smallest absolute Gasteiger partial charge is 0.123 e. The van der Waals surface area contributed by atoms with Crippen LogP contribution >= 0.6 is 0 Å². The van der Waals surface area contributed by atoms with Gasteiger partial charge in [-0.05, 0) is 36.5 Å². The highest BCUT2D eigenvalue weighted by molar-refractivity contribution is 5.47. The molecule has 1 aliphatic rings. The van der Waals surface area contributed by atoms with E-state index in [4.69, 9.17) is 9.84 Å². The molecule has 1 atom stereocenters. The second kappa shape index (κ2) is 5.41. The van der Waals surface area contributed by atoms with Gasteiger partial charge in [0.05, 0.1) is 6.61 Å². The third-order valence-electron chi connectivity index (χ3n) is 3.55. The fraction of sp³-hybridized carbons (Fsp3) is 0.571. The lowest BCUT2D eigenvalue weighted by molar-refractivity contribution is 0.215. The van der Waals surface area contributed by atoms with Gasteiger partial charge in [0, 0.05) is 18.6 Å². The van der Waals surface area contributed by atoms with E-state index in [0.29, 0.717) is 18.3 Å². The van der Waals surface area contributed by atoms with Crippen LogP contribution in [0.3, 0.4) is 0 Å². The molecule has 3 nitrogen and oxygen atoms in total. The summed E-state index contributed by atoms with van der Waals surface area (Å²) in [6.07, 6.45) is 3.55. The Balaban J connectivity index is 2.06. The van der Waals surface area contributed by atoms with Crippen LogP contribution in [-0.4, -0.2) is 23.4 Å². The van der Waals surface area contributed by atoms with E-state index in [1.54, 1.807) is 0 Å². The molecule has 1 aliphatic heterocycles. The molecule has 3 heteroatoms. The molecule has 0 aliphatic carbocycles. The molecular formula is C14H20O3. The SMILES string of the molecule is CCC(CO)CCc1cc2c(cc1O)CCO2. The topological polar surface area (TPSA) is 49.7 Å². The molecule has 1 aromatic carbocycles. The average Bonchev–Trinajstić information content (AvgIpc) is 2.77. The Morgan fingerprint density at radius 1 is 1.41 bits per heavy atom. The molecule has 17 heavy (non-hydrogen) atoms. The fourth-order valence-corrected chi connectivity index (χ4v) is 2.24. The van der Waals surface area contributed by atoms with E-state index in [1.165, 1.54) is 0 Å². The van der Waals surface area contributed by atoms with E-state index in [9.17, 15) is 5.11 Å². The molecule has 0 fully saturated rings. The zero-order valence-electron chi connectivity index (χ0n) is 10.3. The summed E-state index contributed by atoms with van der Waals surface area (Å²) in [7, 11) is 0. The monoisotopic (exact) mass is 236 g/mol. The minimum absolute atomic E-state index is 0.221. The number of hydrogen-bond acceptors (Lipinski definition) is 3. The first-order chi connectivity index (χ1) is 8.24. The van der Waals surface area contributed by atoms with E-state index < -0.39 is 0 Å². The number of ether oxygens (including phenoxy) is 1. The molecule has 1 unspecified atom stereocenters. The number of phenols is 1. The van der Waals surface area contributed by atoms with E-state index in [-0.39, 0.29) is 6.61 Å². The van der Waals surface area contributed by atoms with Crippen molar-refractivity contribution in [2.75, 3.05) is 13.2 Å². The Morgan fingerprint density at radius 2 is 2.24 bits per heavy atom. The first-order valence-corrected chi connectivity index (χ1v) is 6.33. The van der Waals surface area contributed by atoms with Crippen molar-refractivity contribution in [2.45, 2.75) is 32.6 Å². The van der Waals surface area contributed by atoms with Crippen molar-refractivity contribution in [3.8, 4) is 11.5 Å². The Bertz CT molecular complexity index is 383. The lowest BCUT2D eigenvalue weighted by Crippen LogP contribution is -2.06. The fourth-order valence-electron chi connectivity index (χ4n) is 2.24. The van der Waals surface area contributed by atoms with Crippen LogP contribution in [-0.2, 0) is 12.8 Å². The second-order valence-corrected chi connectivity index (χ2v) is 4.68. The predicted octanol–water partition coefficient (Wildman–Crippen LogP) is 2.28.